The Balaban J connectivity index is 1.41. The minimum Gasteiger partial charge on any atom is -0.455 e. The summed E-state index contributed by atoms with van der Waals surface area (Å²) in [7, 11) is 0. The number of aromatic nitrogens is 2. The smallest absolute Gasteiger partial charge is 0.283 e. The third kappa shape index (κ3) is 4.08. The third-order valence-electron chi connectivity index (χ3n) is 5.14. The van der Waals surface area contributed by atoms with Crippen LogP contribution in [0.1, 0.15) is 26.7 Å². The van der Waals surface area contributed by atoms with Crippen LogP contribution in [0, 0.1) is 19.7 Å². The number of hydrazone groups is 1. The highest BCUT2D eigenvalue weighted by Crippen LogP contribution is 2.35. The number of benzene rings is 1. The van der Waals surface area contributed by atoms with Crippen molar-refractivity contribution < 1.29 is 13.6 Å². The lowest BCUT2D eigenvalue weighted by atomic mass is 10.1. The standard InChI is InChI=1S/C25H19FN4O2S/c1-15-13-16(2)28-25-21(15)22(30-11-3-4-12-30)23(33-25)24(31)29-27-14-19-9-10-20(32-19)17-5-7-18(26)8-6-17/h3-14H,1-2H3,(H,29,31)/b27-14-. The predicted octanol–water partition coefficient (Wildman–Crippen LogP) is 5.87. The van der Waals surface area contributed by atoms with E-state index >= 15 is 0 Å². The number of hydrogen-bond donors (Lipinski definition) is 1. The van der Waals surface area contributed by atoms with Crippen LogP contribution in [0.2, 0.25) is 0 Å². The molecule has 8 heteroatoms. The van der Waals surface area contributed by atoms with Crippen molar-refractivity contribution in [2.45, 2.75) is 13.8 Å². The molecule has 0 radical (unpaired) electrons. The highest BCUT2D eigenvalue weighted by atomic mass is 32.1. The van der Waals surface area contributed by atoms with E-state index < -0.39 is 0 Å². The van der Waals surface area contributed by atoms with Gasteiger partial charge in [0.2, 0.25) is 0 Å². The molecular formula is C25H19FN4O2S. The van der Waals surface area contributed by atoms with Crippen LogP contribution in [0.25, 0.3) is 27.2 Å². The van der Waals surface area contributed by atoms with E-state index in [2.05, 4.69) is 15.5 Å². The summed E-state index contributed by atoms with van der Waals surface area (Å²) in [6, 6.07) is 15.4. The molecule has 0 atom stereocenters. The van der Waals surface area contributed by atoms with Crippen molar-refractivity contribution in [1.29, 1.82) is 0 Å². The predicted molar refractivity (Wildman–Crippen MR) is 128 cm³/mol. The van der Waals surface area contributed by atoms with Crippen LogP contribution in [0.15, 0.2) is 76.5 Å². The van der Waals surface area contributed by atoms with E-state index in [1.807, 2.05) is 49.0 Å². The van der Waals surface area contributed by atoms with Gasteiger partial charge in [-0.2, -0.15) is 5.10 Å². The fourth-order valence-electron chi connectivity index (χ4n) is 3.70. The number of carbonyl (C=O) groups excluding carboxylic acids is 1. The molecule has 164 valence electrons. The number of fused-ring (bicyclic) bond motifs is 1. The van der Waals surface area contributed by atoms with E-state index in [1.54, 1.807) is 24.3 Å². The van der Waals surface area contributed by atoms with Gasteiger partial charge in [-0.15, -0.1) is 11.3 Å². The molecule has 0 fully saturated rings. The summed E-state index contributed by atoms with van der Waals surface area (Å²) in [5.41, 5.74) is 6.09. The second-order valence-corrected chi connectivity index (χ2v) is 8.54. The maximum atomic E-state index is 13.1. The van der Waals surface area contributed by atoms with Crippen molar-refractivity contribution >= 4 is 33.7 Å². The molecule has 5 aromatic rings. The van der Waals surface area contributed by atoms with Crippen LogP contribution < -0.4 is 5.43 Å². The van der Waals surface area contributed by atoms with E-state index in [-0.39, 0.29) is 11.7 Å². The van der Waals surface area contributed by atoms with Gasteiger partial charge in [-0.05, 0) is 74.0 Å². The van der Waals surface area contributed by atoms with Crippen LogP contribution in [0.4, 0.5) is 4.39 Å². The Bertz CT molecular complexity index is 1480. The van der Waals surface area contributed by atoms with Gasteiger partial charge in [0.05, 0.1) is 11.9 Å². The minimum atomic E-state index is -0.333. The topological polar surface area (TPSA) is 72.4 Å². The zero-order valence-corrected chi connectivity index (χ0v) is 18.7. The Kier molecular flexibility index (Phi) is 5.35. The van der Waals surface area contributed by atoms with Crippen molar-refractivity contribution in [2.24, 2.45) is 5.10 Å². The molecule has 1 amide bonds. The molecule has 1 N–H and O–H groups in total. The molecule has 0 saturated heterocycles. The first-order valence-electron chi connectivity index (χ1n) is 10.2. The van der Waals surface area contributed by atoms with Crippen LogP contribution >= 0.6 is 11.3 Å². The van der Waals surface area contributed by atoms with Crippen LogP contribution in [-0.2, 0) is 0 Å². The SMILES string of the molecule is Cc1cc(C)c2c(-n3cccc3)c(C(=O)N/N=C\c3ccc(-c4ccc(F)cc4)o3)sc2n1. The molecule has 0 aliphatic rings. The number of pyridine rings is 1. The molecule has 6 nitrogen and oxygen atoms in total. The van der Waals surface area contributed by atoms with Gasteiger partial charge in [0.1, 0.15) is 27.0 Å². The maximum absolute atomic E-state index is 13.1. The van der Waals surface area contributed by atoms with Crippen molar-refractivity contribution in [3.05, 3.63) is 94.7 Å². The molecule has 0 aliphatic carbocycles. The second-order valence-electron chi connectivity index (χ2n) is 7.54. The number of rotatable bonds is 5. The van der Waals surface area contributed by atoms with Crippen LogP contribution in [0.5, 0.6) is 0 Å². The first-order valence-corrected chi connectivity index (χ1v) is 11.0. The van der Waals surface area contributed by atoms with Gasteiger partial charge >= 0.3 is 0 Å². The van der Waals surface area contributed by atoms with Gasteiger partial charge in [0.25, 0.3) is 5.91 Å². The number of aryl methyl sites for hydroxylation is 2. The van der Waals surface area contributed by atoms with Crippen LogP contribution in [-0.4, -0.2) is 21.7 Å². The summed E-state index contributed by atoms with van der Waals surface area (Å²) < 4.78 is 20.8. The summed E-state index contributed by atoms with van der Waals surface area (Å²) in [4.78, 5) is 19.0. The van der Waals surface area contributed by atoms with Crippen molar-refractivity contribution in [3.8, 4) is 17.0 Å². The lowest BCUT2D eigenvalue weighted by molar-refractivity contribution is 0.0959. The summed E-state index contributed by atoms with van der Waals surface area (Å²) >= 11 is 1.34. The van der Waals surface area contributed by atoms with Crippen molar-refractivity contribution in [2.75, 3.05) is 0 Å². The lowest BCUT2D eigenvalue weighted by Gasteiger charge is -2.07. The Morgan fingerprint density at radius 1 is 1.15 bits per heavy atom. The van der Waals surface area contributed by atoms with Gasteiger partial charge in [-0.25, -0.2) is 14.8 Å². The molecule has 5 rings (SSSR count). The Hall–Kier alpha value is -4.04. The average Bonchev–Trinajstić information content (AvgIpc) is 3.53. The monoisotopic (exact) mass is 458 g/mol. The fraction of sp³-hybridized carbons (Fsp3) is 0.0800. The average molecular weight is 459 g/mol. The largest absolute Gasteiger partial charge is 0.455 e. The van der Waals surface area contributed by atoms with Crippen molar-refractivity contribution in [3.63, 3.8) is 0 Å². The molecule has 0 saturated carbocycles. The molecule has 0 spiro atoms. The number of nitrogens with one attached hydrogen (secondary N) is 1. The number of furan rings is 1. The van der Waals surface area contributed by atoms with E-state index in [4.69, 9.17) is 4.42 Å². The summed E-state index contributed by atoms with van der Waals surface area (Å²) in [5, 5.41) is 5.02. The van der Waals surface area contributed by atoms with E-state index in [0.717, 1.165) is 32.7 Å². The first-order chi connectivity index (χ1) is 16.0. The first kappa shape index (κ1) is 20.8. The van der Waals surface area contributed by atoms with Gasteiger partial charge in [-0.1, -0.05) is 0 Å². The van der Waals surface area contributed by atoms with Crippen molar-refractivity contribution in [1.82, 2.24) is 15.0 Å². The van der Waals surface area contributed by atoms with E-state index in [9.17, 15) is 9.18 Å². The van der Waals surface area contributed by atoms with Gasteiger partial charge in [0, 0.05) is 29.0 Å². The highest BCUT2D eigenvalue weighted by molar-refractivity contribution is 7.21. The zero-order valence-electron chi connectivity index (χ0n) is 17.9. The number of carbonyl (C=O) groups is 1. The summed E-state index contributed by atoms with van der Waals surface area (Å²) in [6.45, 7) is 3.96. The second kappa shape index (κ2) is 8.48. The molecule has 0 unspecified atom stereocenters. The van der Waals surface area contributed by atoms with E-state index in [0.29, 0.717) is 16.4 Å². The maximum Gasteiger partial charge on any atom is 0.283 e. The Morgan fingerprint density at radius 2 is 1.91 bits per heavy atom. The van der Waals surface area contributed by atoms with Crippen LogP contribution in [0.3, 0.4) is 0 Å². The van der Waals surface area contributed by atoms with Gasteiger partial charge in [0.15, 0.2) is 0 Å². The lowest BCUT2D eigenvalue weighted by Crippen LogP contribution is -2.18. The molecule has 1 aromatic carbocycles. The van der Waals surface area contributed by atoms with Gasteiger partial charge in [-0.3, -0.25) is 4.79 Å². The highest BCUT2D eigenvalue weighted by Gasteiger charge is 2.22. The molecule has 33 heavy (non-hydrogen) atoms. The fourth-order valence-corrected chi connectivity index (χ4v) is 4.89. The molecular weight excluding hydrogens is 439 g/mol. The molecule has 0 aliphatic heterocycles. The molecule has 4 heterocycles. The van der Waals surface area contributed by atoms with Gasteiger partial charge < -0.3 is 8.98 Å². The number of nitrogens with zero attached hydrogens (tertiary/aromatic N) is 3. The summed E-state index contributed by atoms with van der Waals surface area (Å²) in [5.74, 6) is 0.403. The quantitative estimate of drug-likeness (QED) is 0.265. The van der Waals surface area contributed by atoms with E-state index in [1.165, 1.54) is 29.7 Å². The third-order valence-corrected chi connectivity index (χ3v) is 6.22. The normalized spacial score (nSPS) is 11.5. The molecule has 0 bridgehead atoms. The minimum absolute atomic E-state index is 0.309. The number of hydrogen-bond acceptors (Lipinski definition) is 5. The number of amides is 1. The Labute approximate surface area is 193 Å². The Morgan fingerprint density at radius 3 is 2.67 bits per heavy atom. The number of thiophene rings is 1. The molecule has 4 aromatic heterocycles. The summed E-state index contributed by atoms with van der Waals surface area (Å²) in [6.07, 6.45) is 5.24. The zero-order chi connectivity index (χ0) is 22.9. The number of halogens is 1.